The van der Waals surface area contributed by atoms with E-state index in [0.29, 0.717) is 13.0 Å². The number of likely N-dealkylation sites (tertiary alicyclic amines) is 1. The molecule has 2 amide bonds. The first-order chi connectivity index (χ1) is 14.6. The summed E-state index contributed by atoms with van der Waals surface area (Å²) >= 11 is 0. The second-order valence-electron chi connectivity index (χ2n) is 8.78. The van der Waals surface area contributed by atoms with E-state index in [1.165, 1.54) is 0 Å². The summed E-state index contributed by atoms with van der Waals surface area (Å²) in [6.07, 6.45) is 2.49. The fourth-order valence-electron chi connectivity index (χ4n) is 3.47. The van der Waals surface area contributed by atoms with Gasteiger partial charge in [-0.25, -0.2) is 4.79 Å². The van der Waals surface area contributed by atoms with Crippen LogP contribution in [0.1, 0.15) is 39.2 Å². The summed E-state index contributed by atoms with van der Waals surface area (Å²) in [6, 6.07) is 10.8. The SMILES string of the molecule is CC(C)(C)C=C(C#N)C(=O)N1CCCC1COC(=O)NC(Cc1ccccc1)B(O)O. The van der Waals surface area contributed by atoms with E-state index in [1.807, 2.05) is 57.2 Å². The Kier molecular flexibility index (Phi) is 8.66. The van der Waals surface area contributed by atoms with Crippen LogP contribution in [0.15, 0.2) is 42.0 Å². The minimum absolute atomic E-state index is 0.0363. The predicted octanol–water partition coefficient (Wildman–Crippen LogP) is 1.82. The third-order valence-corrected chi connectivity index (χ3v) is 4.93. The lowest BCUT2D eigenvalue weighted by Gasteiger charge is -2.25. The number of ether oxygens (including phenoxy) is 1. The Labute approximate surface area is 183 Å². The Morgan fingerprint density at radius 3 is 2.61 bits per heavy atom. The number of amides is 2. The molecule has 1 aromatic carbocycles. The molecule has 0 spiro atoms. The summed E-state index contributed by atoms with van der Waals surface area (Å²) in [7, 11) is -1.75. The third kappa shape index (κ3) is 7.74. The number of nitrogens with one attached hydrogen (secondary N) is 1. The number of benzene rings is 1. The Hall–Kier alpha value is -2.83. The molecule has 1 fully saturated rings. The molecule has 1 aromatic rings. The van der Waals surface area contributed by atoms with E-state index in [4.69, 9.17) is 4.74 Å². The molecule has 0 saturated carbocycles. The minimum atomic E-state index is -1.75. The van der Waals surface area contributed by atoms with Crippen molar-refractivity contribution in [3.8, 4) is 6.07 Å². The summed E-state index contributed by atoms with van der Waals surface area (Å²) in [5.41, 5.74) is 0.601. The highest BCUT2D eigenvalue weighted by Crippen LogP contribution is 2.23. The quantitative estimate of drug-likeness (QED) is 0.347. The number of nitriles is 1. The maximum Gasteiger partial charge on any atom is 0.475 e. The van der Waals surface area contributed by atoms with Gasteiger partial charge in [0.05, 0.1) is 12.0 Å². The zero-order valence-electron chi connectivity index (χ0n) is 18.2. The Morgan fingerprint density at radius 2 is 2.03 bits per heavy atom. The van der Waals surface area contributed by atoms with E-state index in [9.17, 15) is 24.9 Å². The summed E-state index contributed by atoms with van der Waals surface area (Å²) in [4.78, 5) is 26.6. The van der Waals surface area contributed by atoms with Crippen molar-refractivity contribution in [1.82, 2.24) is 10.2 Å². The minimum Gasteiger partial charge on any atom is -0.447 e. The zero-order chi connectivity index (χ0) is 23.0. The van der Waals surface area contributed by atoms with Gasteiger partial charge in [-0.15, -0.1) is 0 Å². The zero-order valence-corrected chi connectivity index (χ0v) is 18.2. The van der Waals surface area contributed by atoms with Gasteiger partial charge in [-0.3, -0.25) is 4.79 Å². The molecule has 9 heteroatoms. The number of alkyl carbamates (subject to hydrolysis) is 1. The highest BCUT2D eigenvalue weighted by atomic mass is 16.5. The van der Waals surface area contributed by atoms with Crippen molar-refractivity contribution in [2.75, 3.05) is 13.2 Å². The Morgan fingerprint density at radius 1 is 1.35 bits per heavy atom. The molecule has 3 N–H and O–H groups in total. The van der Waals surface area contributed by atoms with Gasteiger partial charge in [0.25, 0.3) is 5.91 Å². The van der Waals surface area contributed by atoms with E-state index in [-0.39, 0.29) is 36.0 Å². The molecule has 1 aliphatic heterocycles. The Bertz CT molecular complexity index is 830. The summed E-state index contributed by atoms with van der Waals surface area (Å²) < 4.78 is 5.27. The molecule has 1 aliphatic rings. The van der Waals surface area contributed by atoms with Crippen LogP contribution in [0.4, 0.5) is 4.79 Å². The van der Waals surface area contributed by atoms with Gasteiger partial charge >= 0.3 is 13.2 Å². The first kappa shape index (κ1) is 24.4. The van der Waals surface area contributed by atoms with Crippen molar-refractivity contribution < 1.29 is 24.4 Å². The van der Waals surface area contributed by atoms with E-state index in [2.05, 4.69) is 5.32 Å². The number of rotatable bonds is 7. The van der Waals surface area contributed by atoms with Gasteiger partial charge in [0.1, 0.15) is 18.2 Å². The predicted molar refractivity (Wildman–Crippen MR) is 116 cm³/mol. The lowest BCUT2D eigenvalue weighted by atomic mass is 9.76. The van der Waals surface area contributed by atoms with Crippen LogP contribution in [0.2, 0.25) is 0 Å². The number of allylic oxidation sites excluding steroid dienone is 1. The second kappa shape index (κ2) is 11.0. The largest absolute Gasteiger partial charge is 0.475 e. The second-order valence-corrected chi connectivity index (χ2v) is 8.78. The molecule has 31 heavy (non-hydrogen) atoms. The lowest BCUT2D eigenvalue weighted by Crippen LogP contribution is -2.49. The van der Waals surface area contributed by atoms with Crippen LogP contribution < -0.4 is 5.32 Å². The van der Waals surface area contributed by atoms with Crippen molar-refractivity contribution in [1.29, 1.82) is 5.26 Å². The standard InChI is InChI=1S/C22H30BN3O5/c1-22(2,3)13-17(14-24)20(27)26-11-7-10-18(26)15-31-21(28)25-19(23(29)30)12-16-8-5-4-6-9-16/h4-6,8-9,13,18-19,29-30H,7,10-12,15H2,1-3H3,(H,25,28). The highest BCUT2D eigenvalue weighted by molar-refractivity contribution is 6.43. The topological polar surface area (TPSA) is 123 Å². The van der Waals surface area contributed by atoms with Crippen molar-refractivity contribution in [3.05, 3.63) is 47.5 Å². The number of carbonyl (C=O) groups excluding carboxylic acids is 2. The van der Waals surface area contributed by atoms with Crippen LogP contribution in [-0.2, 0) is 16.0 Å². The fraction of sp³-hybridized carbons (Fsp3) is 0.500. The van der Waals surface area contributed by atoms with Gasteiger partial charge in [-0.1, -0.05) is 57.2 Å². The van der Waals surface area contributed by atoms with Crippen molar-refractivity contribution >= 4 is 19.1 Å². The van der Waals surface area contributed by atoms with E-state index in [0.717, 1.165) is 12.0 Å². The lowest BCUT2D eigenvalue weighted by molar-refractivity contribution is -0.128. The van der Waals surface area contributed by atoms with Crippen LogP contribution in [0.5, 0.6) is 0 Å². The molecule has 1 saturated heterocycles. The molecular formula is C22H30BN3O5. The average Bonchev–Trinajstić information content (AvgIpc) is 3.18. The van der Waals surface area contributed by atoms with E-state index in [1.54, 1.807) is 11.0 Å². The van der Waals surface area contributed by atoms with Gasteiger partial charge in [-0.2, -0.15) is 5.26 Å². The average molecular weight is 427 g/mol. The molecule has 1 heterocycles. The molecule has 0 aromatic heterocycles. The number of carbonyl (C=O) groups is 2. The van der Waals surface area contributed by atoms with Crippen molar-refractivity contribution in [2.24, 2.45) is 5.41 Å². The maximum atomic E-state index is 12.8. The molecule has 2 rings (SSSR count). The van der Waals surface area contributed by atoms with Gasteiger partial charge in [0.2, 0.25) is 0 Å². The van der Waals surface area contributed by atoms with Gasteiger partial charge in [0.15, 0.2) is 0 Å². The molecule has 0 aliphatic carbocycles. The van der Waals surface area contributed by atoms with Gasteiger partial charge in [0, 0.05) is 6.54 Å². The van der Waals surface area contributed by atoms with Crippen molar-refractivity contribution in [3.63, 3.8) is 0 Å². The smallest absolute Gasteiger partial charge is 0.447 e. The first-order valence-corrected chi connectivity index (χ1v) is 10.4. The van der Waals surface area contributed by atoms with Gasteiger partial charge < -0.3 is 25.0 Å². The Balaban J connectivity index is 1.94. The van der Waals surface area contributed by atoms with Crippen LogP contribution in [-0.4, -0.2) is 59.2 Å². The number of hydrogen-bond donors (Lipinski definition) is 3. The number of nitrogens with zero attached hydrogens (tertiary/aromatic N) is 2. The molecule has 166 valence electrons. The van der Waals surface area contributed by atoms with Gasteiger partial charge in [-0.05, 0) is 30.2 Å². The molecule has 8 nitrogen and oxygen atoms in total. The summed E-state index contributed by atoms with van der Waals surface area (Å²) in [6.45, 7) is 6.19. The van der Waals surface area contributed by atoms with E-state index < -0.39 is 19.2 Å². The first-order valence-electron chi connectivity index (χ1n) is 10.4. The maximum absolute atomic E-state index is 12.8. The van der Waals surface area contributed by atoms with Crippen molar-refractivity contribution in [2.45, 2.75) is 52.0 Å². The van der Waals surface area contributed by atoms with Crippen LogP contribution in [0.25, 0.3) is 0 Å². The molecule has 2 atom stereocenters. The number of hydrogen-bond acceptors (Lipinski definition) is 6. The summed E-state index contributed by atoms with van der Waals surface area (Å²) in [5, 5.41) is 31.0. The fourth-order valence-corrected chi connectivity index (χ4v) is 3.47. The van der Waals surface area contributed by atoms with Crippen LogP contribution in [0.3, 0.4) is 0 Å². The highest BCUT2D eigenvalue weighted by Gasteiger charge is 2.33. The summed E-state index contributed by atoms with van der Waals surface area (Å²) in [5.74, 6) is -1.30. The van der Waals surface area contributed by atoms with Crippen LogP contribution >= 0.6 is 0 Å². The normalized spacial score (nSPS) is 17.6. The monoisotopic (exact) mass is 427 g/mol. The van der Waals surface area contributed by atoms with Crippen LogP contribution in [0, 0.1) is 16.7 Å². The molecule has 2 unspecified atom stereocenters. The third-order valence-electron chi connectivity index (χ3n) is 4.93. The van der Waals surface area contributed by atoms with E-state index >= 15 is 0 Å². The molecular weight excluding hydrogens is 397 g/mol. The molecule has 0 radical (unpaired) electrons. The molecule has 0 bridgehead atoms.